The number of fused-ring (bicyclic) bond motifs is 1. The first-order chi connectivity index (χ1) is 12.1. The molecule has 5 heteroatoms. The Kier molecular flexibility index (Phi) is 4.34. The van der Waals surface area contributed by atoms with E-state index in [1.807, 2.05) is 54.0 Å². The van der Waals surface area contributed by atoms with Crippen molar-refractivity contribution in [3.05, 3.63) is 52.8 Å². The van der Waals surface area contributed by atoms with Gasteiger partial charge in [0.05, 0.1) is 24.5 Å². The zero-order valence-electron chi connectivity index (χ0n) is 14.9. The van der Waals surface area contributed by atoms with Crippen molar-refractivity contribution in [1.29, 1.82) is 0 Å². The second-order valence-electron chi connectivity index (χ2n) is 7.29. The first-order valence-electron chi connectivity index (χ1n) is 9.09. The molecule has 1 aliphatic heterocycles. The minimum absolute atomic E-state index is 0.0667. The van der Waals surface area contributed by atoms with E-state index in [2.05, 4.69) is 5.10 Å². The van der Waals surface area contributed by atoms with Crippen LogP contribution in [0.4, 0.5) is 0 Å². The number of hydrogen-bond donors (Lipinski definition) is 0. The Morgan fingerprint density at radius 1 is 1.32 bits per heavy atom. The van der Waals surface area contributed by atoms with Crippen molar-refractivity contribution in [1.82, 2.24) is 14.7 Å². The highest BCUT2D eigenvalue weighted by atomic mass is 16.5. The predicted molar refractivity (Wildman–Crippen MR) is 95.4 cm³/mol. The monoisotopic (exact) mass is 339 g/mol. The maximum Gasteiger partial charge on any atom is 0.254 e. The van der Waals surface area contributed by atoms with Gasteiger partial charge in [-0.3, -0.25) is 9.48 Å². The van der Waals surface area contributed by atoms with Crippen molar-refractivity contribution in [2.75, 3.05) is 19.8 Å². The van der Waals surface area contributed by atoms with E-state index in [4.69, 9.17) is 4.74 Å². The molecule has 1 saturated carbocycles. The Hall–Kier alpha value is -2.14. The fraction of sp³-hybridized carbons (Fsp3) is 0.500. The molecule has 1 atom stereocenters. The molecule has 132 valence electrons. The van der Waals surface area contributed by atoms with Gasteiger partial charge in [0, 0.05) is 25.8 Å². The topological polar surface area (TPSA) is 47.4 Å². The second kappa shape index (κ2) is 6.64. The number of rotatable bonds is 5. The average Bonchev–Trinajstić information content (AvgIpc) is 3.36. The highest BCUT2D eigenvalue weighted by Crippen LogP contribution is 2.33. The summed E-state index contributed by atoms with van der Waals surface area (Å²) in [6.07, 6.45) is 5.32. The SMILES string of the molecule is Cc1cccc(C(=O)N2CCc3cnn(C)c3[C@H]2COCC2CC2)c1. The van der Waals surface area contributed by atoms with Gasteiger partial charge < -0.3 is 9.64 Å². The van der Waals surface area contributed by atoms with E-state index < -0.39 is 0 Å². The molecule has 0 spiro atoms. The molecule has 1 aromatic carbocycles. The molecule has 2 heterocycles. The third-order valence-electron chi connectivity index (χ3n) is 5.23. The lowest BCUT2D eigenvalue weighted by Gasteiger charge is -2.36. The van der Waals surface area contributed by atoms with Crippen molar-refractivity contribution < 1.29 is 9.53 Å². The largest absolute Gasteiger partial charge is 0.379 e. The summed E-state index contributed by atoms with van der Waals surface area (Å²) in [5, 5.41) is 4.41. The number of carbonyl (C=O) groups is 1. The van der Waals surface area contributed by atoms with Gasteiger partial charge in [-0.15, -0.1) is 0 Å². The van der Waals surface area contributed by atoms with Gasteiger partial charge in [0.15, 0.2) is 0 Å². The zero-order valence-corrected chi connectivity index (χ0v) is 14.9. The van der Waals surface area contributed by atoms with Crippen LogP contribution in [0, 0.1) is 12.8 Å². The summed E-state index contributed by atoms with van der Waals surface area (Å²) in [5.41, 5.74) is 4.20. The molecule has 0 radical (unpaired) electrons. The average molecular weight is 339 g/mol. The number of ether oxygens (including phenoxy) is 1. The summed E-state index contributed by atoms with van der Waals surface area (Å²) in [6, 6.07) is 7.76. The number of hydrogen-bond acceptors (Lipinski definition) is 3. The Labute approximate surface area is 148 Å². The van der Waals surface area contributed by atoms with Gasteiger partial charge in [0.2, 0.25) is 0 Å². The van der Waals surface area contributed by atoms with Crippen molar-refractivity contribution >= 4 is 5.91 Å². The van der Waals surface area contributed by atoms with Gasteiger partial charge in [-0.1, -0.05) is 17.7 Å². The lowest BCUT2D eigenvalue weighted by Crippen LogP contribution is -2.42. The molecular weight excluding hydrogens is 314 g/mol. The summed E-state index contributed by atoms with van der Waals surface area (Å²) in [7, 11) is 1.95. The first kappa shape index (κ1) is 16.3. The molecule has 1 fully saturated rings. The number of nitrogens with zero attached hydrogens (tertiary/aromatic N) is 3. The number of aromatic nitrogens is 2. The molecule has 0 unspecified atom stereocenters. The van der Waals surface area contributed by atoms with Gasteiger partial charge in [0.25, 0.3) is 5.91 Å². The standard InChI is InChI=1S/C20H25N3O2/c1-14-4-3-5-16(10-14)20(24)23-9-8-17-11-21-22(2)19(17)18(23)13-25-12-15-6-7-15/h3-5,10-11,15,18H,6-9,12-13H2,1-2H3/t18-/m1/s1. The molecule has 1 amide bonds. The quantitative estimate of drug-likeness (QED) is 0.841. The molecule has 1 aromatic heterocycles. The van der Waals surface area contributed by atoms with E-state index in [-0.39, 0.29) is 11.9 Å². The van der Waals surface area contributed by atoms with Crippen LogP contribution in [0.2, 0.25) is 0 Å². The number of benzene rings is 1. The van der Waals surface area contributed by atoms with Gasteiger partial charge in [-0.2, -0.15) is 5.10 Å². The molecule has 0 bridgehead atoms. The second-order valence-corrected chi connectivity index (χ2v) is 7.29. The van der Waals surface area contributed by atoms with E-state index in [0.29, 0.717) is 13.2 Å². The van der Waals surface area contributed by atoms with Crippen LogP contribution in [0.1, 0.15) is 46.1 Å². The van der Waals surface area contributed by atoms with E-state index in [0.717, 1.165) is 35.8 Å². The van der Waals surface area contributed by atoms with Crippen LogP contribution >= 0.6 is 0 Å². The van der Waals surface area contributed by atoms with Crippen LogP contribution in [0.3, 0.4) is 0 Å². The van der Waals surface area contributed by atoms with Crippen LogP contribution in [0.15, 0.2) is 30.5 Å². The molecule has 25 heavy (non-hydrogen) atoms. The molecule has 1 aliphatic carbocycles. The highest BCUT2D eigenvalue weighted by Gasteiger charge is 2.34. The maximum atomic E-state index is 13.2. The molecular formula is C20H25N3O2. The van der Waals surface area contributed by atoms with Gasteiger partial charge in [0.1, 0.15) is 0 Å². The predicted octanol–water partition coefficient (Wildman–Crippen LogP) is 2.89. The fourth-order valence-corrected chi connectivity index (χ4v) is 3.65. The minimum atomic E-state index is -0.0667. The number of carbonyl (C=O) groups excluding carboxylic acids is 1. The number of amides is 1. The molecule has 0 saturated heterocycles. The summed E-state index contributed by atoms with van der Waals surface area (Å²) >= 11 is 0. The summed E-state index contributed by atoms with van der Waals surface area (Å²) in [5.74, 6) is 0.797. The van der Waals surface area contributed by atoms with Crippen LogP contribution in [0.5, 0.6) is 0 Å². The Morgan fingerprint density at radius 3 is 2.92 bits per heavy atom. The maximum absolute atomic E-state index is 13.2. The molecule has 2 aromatic rings. The smallest absolute Gasteiger partial charge is 0.254 e. The summed E-state index contributed by atoms with van der Waals surface area (Å²) in [6.45, 7) is 4.07. The molecule has 2 aliphatic rings. The van der Waals surface area contributed by atoms with Gasteiger partial charge in [-0.05, 0) is 49.8 Å². The third-order valence-corrected chi connectivity index (χ3v) is 5.23. The highest BCUT2D eigenvalue weighted by molar-refractivity contribution is 5.94. The Morgan fingerprint density at radius 2 is 2.16 bits per heavy atom. The molecule has 4 rings (SSSR count). The molecule has 5 nitrogen and oxygen atoms in total. The van der Waals surface area contributed by atoms with Crippen molar-refractivity contribution in [2.45, 2.75) is 32.2 Å². The molecule has 0 N–H and O–H groups in total. The van der Waals surface area contributed by atoms with E-state index >= 15 is 0 Å². The zero-order chi connectivity index (χ0) is 17.4. The van der Waals surface area contributed by atoms with Gasteiger partial charge >= 0.3 is 0 Å². The number of aryl methyl sites for hydroxylation is 2. The van der Waals surface area contributed by atoms with Crippen molar-refractivity contribution in [3.8, 4) is 0 Å². The first-order valence-corrected chi connectivity index (χ1v) is 9.09. The van der Waals surface area contributed by atoms with Crippen LogP contribution in [0.25, 0.3) is 0 Å². The third kappa shape index (κ3) is 3.33. The lowest BCUT2D eigenvalue weighted by molar-refractivity contribution is 0.0348. The summed E-state index contributed by atoms with van der Waals surface area (Å²) in [4.78, 5) is 15.1. The normalized spacial score (nSPS) is 19.8. The van der Waals surface area contributed by atoms with E-state index in [9.17, 15) is 4.79 Å². The Bertz CT molecular complexity index is 779. The van der Waals surface area contributed by atoms with Crippen LogP contribution in [-0.4, -0.2) is 40.3 Å². The van der Waals surface area contributed by atoms with Crippen LogP contribution < -0.4 is 0 Å². The van der Waals surface area contributed by atoms with Crippen molar-refractivity contribution in [2.24, 2.45) is 13.0 Å². The van der Waals surface area contributed by atoms with Crippen molar-refractivity contribution in [3.63, 3.8) is 0 Å². The lowest BCUT2D eigenvalue weighted by atomic mass is 9.98. The van der Waals surface area contributed by atoms with E-state index in [1.54, 1.807) is 0 Å². The minimum Gasteiger partial charge on any atom is -0.379 e. The van der Waals surface area contributed by atoms with Gasteiger partial charge in [-0.25, -0.2) is 0 Å². The fourth-order valence-electron chi connectivity index (χ4n) is 3.65. The summed E-state index contributed by atoms with van der Waals surface area (Å²) < 4.78 is 7.88. The van der Waals surface area contributed by atoms with Crippen LogP contribution in [-0.2, 0) is 18.2 Å². The Balaban J connectivity index is 1.60. The van der Waals surface area contributed by atoms with E-state index in [1.165, 1.54) is 18.4 Å².